The van der Waals surface area contributed by atoms with Gasteiger partial charge in [-0.25, -0.2) is 0 Å². The van der Waals surface area contributed by atoms with Crippen LogP contribution in [-0.4, -0.2) is 0 Å². The third-order valence-electron chi connectivity index (χ3n) is 2.46. The van der Waals surface area contributed by atoms with Crippen molar-refractivity contribution in [1.82, 2.24) is 0 Å². The predicted octanol–water partition coefficient (Wildman–Crippen LogP) is 4.70. The van der Waals surface area contributed by atoms with Crippen LogP contribution in [0.4, 0.5) is 0 Å². The van der Waals surface area contributed by atoms with Gasteiger partial charge in [-0.15, -0.1) is 0 Å². The number of para-hydroxylation sites is 2. The molecule has 0 saturated heterocycles. The third-order valence-corrected chi connectivity index (χ3v) is 3.35. The highest BCUT2D eigenvalue weighted by molar-refractivity contribution is 14.1. The molecular formula is C14H13IO. The second-order valence-electron chi connectivity index (χ2n) is 3.75. The fraction of sp³-hybridized carbons (Fsp3) is 0.143. The molecule has 0 saturated carbocycles. The minimum absolute atomic E-state index is 0.917. The fourth-order valence-corrected chi connectivity index (χ4v) is 2.10. The largest absolute Gasteiger partial charge is 0.456 e. The van der Waals surface area contributed by atoms with Crippen LogP contribution < -0.4 is 4.74 Å². The Bertz CT molecular complexity index is 486. The van der Waals surface area contributed by atoms with Crippen molar-refractivity contribution in [3.8, 4) is 11.5 Å². The molecule has 0 fully saturated rings. The van der Waals surface area contributed by atoms with Crippen LogP contribution in [0.5, 0.6) is 11.5 Å². The van der Waals surface area contributed by atoms with Gasteiger partial charge in [0.25, 0.3) is 0 Å². The molecule has 2 aromatic carbocycles. The molecular weight excluding hydrogens is 311 g/mol. The summed E-state index contributed by atoms with van der Waals surface area (Å²) in [4.78, 5) is 0. The summed E-state index contributed by atoms with van der Waals surface area (Å²) in [6.45, 7) is 4.14. The van der Waals surface area contributed by atoms with Gasteiger partial charge >= 0.3 is 0 Å². The molecule has 0 atom stereocenters. The zero-order chi connectivity index (χ0) is 11.5. The van der Waals surface area contributed by atoms with E-state index in [1.165, 1.54) is 11.1 Å². The summed E-state index contributed by atoms with van der Waals surface area (Å²) < 4.78 is 7.09. The molecule has 0 aromatic heterocycles. The first-order valence-electron chi connectivity index (χ1n) is 5.17. The van der Waals surface area contributed by atoms with Crippen molar-refractivity contribution in [3.63, 3.8) is 0 Å². The number of hydrogen-bond acceptors (Lipinski definition) is 1. The van der Waals surface area contributed by atoms with Gasteiger partial charge in [-0.2, -0.15) is 0 Å². The molecule has 2 heteroatoms. The normalized spacial score (nSPS) is 10.2. The van der Waals surface area contributed by atoms with Crippen LogP contribution >= 0.6 is 22.6 Å². The molecule has 0 bridgehead atoms. The van der Waals surface area contributed by atoms with Crippen LogP contribution in [0.1, 0.15) is 11.1 Å². The van der Waals surface area contributed by atoms with Crippen LogP contribution in [0.3, 0.4) is 0 Å². The van der Waals surface area contributed by atoms with Gasteiger partial charge < -0.3 is 4.74 Å². The van der Waals surface area contributed by atoms with Crippen LogP contribution in [-0.2, 0) is 0 Å². The van der Waals surface area contributed by atoms with Gasteiger partial charge in [0.05, 0.1) is 3.57 Å². The molecule has 0 aliphatic heterocycles. The van der Waals surface area contributed by atoms with E-state index in [0.717, 1.165) is 15.1 Å². The van der Waals surface area contributed by atoms with Crippen LogP contribution in [0, 0.1) is 17.4 Å². The maximum atomic E-state index is 5.96. The van der Waals surface area contributed by atoms with E-state index in [9.17, 15) is 0 Å². The number of ether oxygens (including phenoxy) is 1. The van der Waals surface area contributed by atoms with Crippen molar-refractivity contribution in [2.24, 2.45) is 0 Å². The predicted molar refractivity (Wildman–Crippen MR) is 75.1 cm³/mol. The quantitative estimate of drug-likeness (QED) is 0.728. The van der Waals surface area contributed by atoms with E-state index in [4.69, 9.17) is 4.74 Å². The molecule has 82 valence electrons. The number of hydrogen-bond donors (Lipinski definition) is 0. The van der Waals surface area contributed by atoms with Crippen molar-refractivity contribution >= 4 is 22.6 Å². The summed E-state index contributed by atoms with van der Waals surface area (Å²) in [5.74, 6) is 1.88. The zero-order valence-electron chi connectivity index (χ0n) is 9.33. The van der Waals surface area contributed by atoms with E-state index in [-0.39, 0.29) is 0 Å². The smallest absolute Gasteiger partial charge is 0.140 e. The van der Waals surface area contributed by atoms with Crippen molar-refractivity contribution in [2.45, 2.75) is 13.8 Å². The molecule has 0 heterocycles. The Morgan fingerprint density at radius 1 is 0.875 bits per heavy atom. The molecule has 0 aliphatic carbocycles. The maximum Gasteiger partial charge on any atom is 0.140 e. The van der Waals surface area contributed by atoms with E-state index < -0.39 is 0 Å². The van der Waals surface area contributed by atoms with Crippen LogP contribution in [0.15, 0.2) is 42.5 Å². The number of halogens is 1. The average Bonchev–Trinajstić information content (AvgIpc) is 2.26. The Morgan fingerprint density at radius 2 is 1.50 bits per heavy atom. The van der Waals surface area contributed by atoms with Crippen molar-refractivity contribution in [1.29, 1.82) is 0 Å². The van der Waals surface area contributed by atoms with E-state index in [2.05, 4.69) is 48.6 Å². The molecule has 2 rings (SSSR count). The summed E-state index contributed by atoms with van der Waals surface area (Å²) in [5.41, 5.74) is 2.33. The summed E-state index contributed by atoms with van der Waals surface area (Å²) in [5, 5.41) is 0. The van der Waals surface area contributed by atoms with E-state index >= 15 is 0 Å². The standard InChI is InChI=1S/C14H13IO/c1-10-6-5-7-11(2)14(10)16-13-9-4-3-8-12(13)15/h3-9H,1-2H3. The van der Waals surface area contributed by atoms with Gasteiger partial charge in [-0.3, -0.25) is 0 Å². The van der Waals surface area contributed by atoms with E-state index in [1.807, 2.05) is 30.3 Å². The topological polar surface area (TPSA) is 9.23 Å². The van der Waals surface area contributed by atoms with E-state index in [1.54, 1.807) is 0 Å². The number of benzene rings is 2. The Labute approximate surface area is 110 Å². The van der Waals surface area contributed by atoms with Gasteiger partial charge in [0.15, 0.2) is 0 Å². The lowest BCUT2D eigenvalue weighted by molar-refractivity contribution is 0.472. The minimum atomic E-state index is 0.917. The van der Waals surface area contributed by atoms with Gasteiger partial charge in [0.2, 0.25) is 0 Å². The van der Waals surface area contributed by atoms with Gasteiger partial charge in [-0.05, 0) is 59.7 Å². The van der Waals surface area contributed by atoms with Gasteiger partial charge in [0, 0.05) is 0 Å². The lowest BCUT2D eigenvalue weighted by atomic mass is 10.1. The van der Waals surface area contributed by atoms with E-state index in [0.29, 0.717) is 0 Å². The first-order valence-corrected chi connectivity index (χ1v) is 6.25. The number of aryl methyl sites for hydroxylation is 2. The second-order valence-corrected chi connectivity index (χ2v) is 4.92. The highest BCUT2D eigenvalue weighted by Gasteiger charge is 2.06. The molecule has 1 nitrogen and oxygen atoms in total. The zero-order valence-corrected chi connectivity index (χ0v) is 11.5. The Hall–Kier alpha value is -1.03. The van der Waals surface area contributed by atoms with Crippen LogP contribution in [0.25, 0.3) is 0 Å². The first kappa shape index (κ1) is 11.5. The SMILES string of the molecule is Cc1cccc(C)c1Oc1ccccc1I. The average molecular weight is 324 g/mol. The summed E-state index contributed by atoms with van der Waals surface area (Å²) in [6.07, 6.45) is 0. The van der Waals surface area contributed by atoms with Crippen molar-refractivity contribution in [3.05, 3.63) is 57.2 Å². The van der Waals surface area contributed by atoms with Crippen molar-refractivity contribution in [2.75, 3.05) is 0 Å². The second kappa shape index (κ2) is 4.87. The maximum absolute atomic E-state index is 5.96. The molecule has 0 unspecified atom stereocenters. The molecule has 2 aromatic rings. The molecule has 0 spiro atoms. The monoisotopic (exact) mass is 324 g/mol. The Kier molecular flexibility index (Phi) is 3.49. The molecule has 16 heavy (non-hydrogen) atoms. The van der Waals surface area contributed by atoms with Crippen LogP contribution in [0.2, 0.25) is 0 Å². The van der Waals surface area contributed by atoms with Gasteiger partial charge in [-0.1, -0.05) is 30.3 Å². The Balaban J connectivity index is 2.38. The highest BCUT2D eigenvalue weighted by Crippen LogP contribution is 2.30. The third kappa shape index (κ3) is 2.38. The molecule has 0 aliphatic rings. The molecule has 0 N–H and O–H groups in total. The lowest BCUT2D eigenvalue weighted by Gasteiger charge is -2.12. The summed E-state index contributed by atoms with van der Waals surface area (Å²) in [7, 11) is 0. The highest BCUT2D eigenvalue weighted by atomic mass is 127. The Morgan fingerprint density at radius 3 is 2.12 bits per heavy atom. The lowest BCUT2D eigenvalue weighted by Crippen LogP contribution is -1.92. The van der Waals surface area contributed by atoms with Crippen molar-refractivity contribution < 1.29 is 4.74 Å². The number of rotatable bonds is 2. The van der Waals surface area contributed by atoms with Gasteiger partial charge in [0.1, 0.15) is 11.5 Å². The fourth-order valence-electron chi connectivity index (χ4n) is 1.60. The first-order chi connectivity index (χ1) is 7.68. The summed E-state index contributed by atoms with van der Waals surface area (Å²) >= 11 is 2.29. The summed E-state index contributed by atoms with van der Waals surface area (Å²) in [6, 6.07) is 14.2. The molecule has 0 amide bonds. The molecule has 0 radical (unpaired) electrons. The minimum Gasteiger partial charge on any atom is -0.456 e.